The molecule has 1 heteroatoms. The first-order valence-corrected chi connectivity index (χ1v) is 17.8. The number of benzene rings is 5. The molecule has 0 radical (unpaired) electrons. The van der Waals surface area contributed by atoms with Gasteiger partial charge < -0.3 is 4.90 Å². The molecule has 49 heavy (non-hydrogen) atoms. The fourth-order valence-electron chi connectivity index (χ4n) is 7.94. The fourth-order valence-corrected chi connectivity index (χ4v) is 7.94. The summed E-state index contributed by atoms with van der Waals surface area (Å²) in [7, 11) is 0. The van der Waals surface area contributed by atoms with Crippen molar-refractivity contribution in [1.29, 1.82) is 0 Å². The maximum atomic E-state index is 4.30. The van der Waals surface area contributed by atoms with E-state index in [1.54, 1.807) is 0 Å². The first-order valence-electron chi connectivity index (χ1n) is 17.8. The maximum absolute atomic E-state index is 4.30. The second kappa shape index (κ2) is 14.0. The van der Waals surface area contributed by atoms with E-state index in [2.05, 4.69) is 190 Å². The number of hydrogen-bond acceptors (Lipinski definition) is 1. The Hall–Kier alpha value is -5.40. The van der Waals surface area contributed by atoms with Crippen LogP contribution in [0, 0.1) is 0 Å². The number of hydrogen-bond donors (Lipinski definition) is 0. The van der Waals surface area contributed by atoms with Gasteiger partial charge in [-0.15, -0.1) is 0 Å². The molecule has 5 aromatic rings. The predicted molar refractivity (Wildman–Crippen MR) is 213 cm³/mol. The lowest BCUT2D eigenvalue weighted by Gasteiger charge is -2.32. The number of nitrogens with zero attached hydrogens (tertiary/aromatic N) is 1. The Morgan fingerprint density at radius 1 is 0.673 bits per heavy atom. The summed E-state index contributed by atoms with van der Waals surface area (Å²) >= 11 is 0. The molecule has 0 aromatic heterocycles. The van der Waals surface area contributed by atoms with Gasteiger partial charge >= 0.3 is 0 Å². The highest BCUT2D eigenvalue weighted by Crippen LogP contribution is 2.53. The molecule has 2 aliphatic carbocycles. The van der Waals surface area contributed by atoms with E-state index in [0.717, 1.165) is 37.1 Å². The molecular formula is C48H45N. The Labute approximate surface area is 293 Å². The van der Waals surface area contributed by atoms with E-state index in [-0.39, 0.29) is 5.41 Å². The molecule has 0 heterocycles. The van der Waals surface area contributed by atoms with Crippen LogP contribution in [0.5, 0.6) is 0 Å². The summed E-state index contributed by atoms with van der Waals surface area (Å²) in [4.78, 5) is 2.43. The fraction of sp³-hybridized carbons (Fsp3) is 0.167. The largest absolute Gasteiger partial charge is 0.310 e. The third-order valence-corrected chi connectivity index (χ3v) is 10.6. The molecule has 242 valence electrons. The van der Waals surface area contributed by atoms with Crippen LogP contribution in [-0.2, 0) is 5.41 Å². The van der Waals surface area contributed by atoms with Gasteiger partial charge in [-0.3, -0.25) is 0 Å². The minimum Gasteiger partial charge on any atom is -0.310 e. The van der Waals surface area contributed by atoms with E-state index in [1.807, 2.05) is 0 Å². The molecule has 0 atom stereocenters. The summed E-state index contributed by atoms with van der Waals surface area (Å²) < 4.78 is 0. The lowest BCUT2D eigenvalue weighted by molar-refractivity contribution is 0.486. The summed E-state index contributed by atoms with van der Waals surface area (Å²) in [5, 5.41) is 0. The van der Waals surface area contributed by atoms with Gasteiger partial charge in [-0.2, -0.15) is 0 Å². The summed E-state index contributed by atoms with van der Waals surface area (Å²) in [5.74, 6) is 0. The summed E-state index contributed by atoms with van der Waals surface area (Å²) in [6, 6.07) is 44.7. The minimum atomic E-state index is -0.0650. The van der Waals surface area contributed by atoms with Crippen molar-refractivity contribution in [2.75, 3.05) is 4.90 Å². The van der Waals surface area contributed by atoms with Crippen LogP contribution >= 0.6 is 0 Å². The smallest absolute Gasteiger partial charge is 0.0467 e. The SMILES string of the molecule is C=CC1=C(C=CC)c2ccc(N(c3ccc(-c4ccc(-c5ccccc5)cc4)cc3)c3cccc(C4=CC=CCC4)c3)cc2C1(CC)CC. The second-order valence-corrected chi connectivity index (χ2v) is 13.1. The molecule has 0 unspecified atom stereocenters. The van der Waals surface area contributed by atoms with Crippen molar-refractivity contribution in [3.63, 3.8) is 0 Å². The van der Waals surface area contributed by atoms with Gasteiger partial charge in [0.1, 0.15) is 0 Å². The Morgan fingerprint density at radius 3 is 1.90 bits per heavy atom. The van der Waals surface area contributed by atoms with Crippen LogP contribution in [0.25, 0.3) is 33.4 Å². The standard InChI is InChI=1S/C48H45N/c1-5-16-44-45-32-31-43(34-47(45)48(7-3,8-4)46(44)6-2)49(42-22-15-21-40(33-42)36-19-13-10-14-20-36)41-29-27-39(28-30-41)38-25-23-37(24-26-38)35-17-11-9-12-18-35/h5-6,9-13,15-19,21-34H,2,7-8,14,20H2,1,3-4H3. The van der Waals surface area contributed by atoms with Crippen LogP contribution in [0.15, 0.2) is 170 Å². The predicted octanol–water partition coefficient (Wildman–Crippen LogP) is 13.8. The van der Waals surface area contributed by atoms with Crippen molar-refractivity contribution in [3.8, 4) is 22.3 Å². The molecule has 7 rings (SSSR count). The molecule has 5 aromatic carbocycles. The summed E-state index contributed by atoms with van der Waals surface area (Å²) in [6.07, 6.45) is 17.4. The second-order valence-electron chi connectivity index (χ2n) is 13.1. The number of anilines is 3. The van der Waals surface area contributed by atoms with E-state index in [0.29, 0.717) is 0 Å². The van der Waals surface area contributed by atoms with Crippen molar-refractivity contribution in [2.45, 2.75) is 51.9 Å². The number of fused-ring (bicyclic) bond motifs is 1. The Balaban J connectivity index is 1.32. The van der Waals surface area contributed by atoms with Gasteiger partial charge in [0.2, 0.25) is 0 Å². The molecule has 0 amide bonds. The third-order valence-electron chi connectivity index (χ3n) is 10.6. The molecule has 0 saturated carbocycles. The van der Waals surface area contributed by atoms with Gasteiger partial charge in [-0.25, -0.2) is 0 Å². The number of allylic oxidation sites excluding steroid dienone is 9. The van der Waals surface area contributed by atoms with Crippen molar-refractivity contribution >= 4 is 28.2 Å². The first-order chi connectivity index (χ1) is 24.1. The highest BCUT2D eigenvalue weighted by atomic mass is 15.1. The molecule has 0 spiro atoms. The zero-order chi connectivity index (χ0) is 33.8. The quantitative estimate of drug-likeness (QED) is 0.148. The zero-order valence-electron chi connectivity index (χ0n) is 29.0. The third kappa shape index (κ3) is 5.95. The average molecular weight is 636 g/mol. The van der Waals surface area contributed by atoms with Crippen LogP contribution in [0.2, 0.25) is 0 Å². The van der Waals surface area contributed by atoms with Gasteiger partial charge in [-0.05, 0) is 125 Å². The van der Waals surface area contributed by atoms with E-state index in [1.165, 1.54) is 61.4 Å². The van der Waals surface area contributed by atoms with Crippen molar-refractivity contribution in [2.24, 2.45) is 0 Å². The lowest BCUT2D eigenvalue weighted by Crippen LogP contribution is -2.24. The lowest BCUT2D eigenvalue weighted by atomic mass is 9.72. The van der Waals surface area contributed by atoms with Gasteiger partial charge in [0.15, 0.2) is 0 Å². The minimum absolute atomic E-state index is 0.0650. The molecule has 0 N–H and O–H groups in total. The van der Waals surface area contributed by atoms with Crippen molar-refractivity contribution in [1.82, 2.24) is 0 Å². The first kappa shape index (κ1) is 32.2. The molecular weight excluding hydrogens is 591 g/mol. The topological polar surface area (TPSA) is 3.24 Å². The monoisotopic (exact) mass is 635 g/mol. The van der Waals surface area contributed by atoms with E-state index in [4.69, 9.17) is 0 Å². The summed E-state index contributed by atoms with van der Waals surface area (Å²) in [5.41, 5.74) is 16.3. The van der Waals surface area contributed by atoms with E-state index < -0.39 is 0 Å². The van der Waals surface area contributed by atoms with Gasteiger partial charge in [0, 0.05) is 22.5 Å². The van der Waals surface area contributed by atoms with Crippen LogP contribution in [-0.4, -0.2) is 0 Å². The van der Waals surface area contributed by atoms with Gasteiger partial charge in [0.25, 0.3) is 0 Å². The van der Waals surface area contributed by atoms with E-state index >= 15 is 0 Å². The highest BCUT2D eigenvalue weighted by Gasteiger charge is 2.41. The Kier molecular flexibility index (Phi) is 9.18. The molecule has 0 saturated heterocycles. The van der Waals surface area contributed by atoms with Gasteiger partial charge in [-0.1, -0.05) is 142 Å². The highest BCUT2D eigenvalue weighted by molar-refractivity contribution is 5.90. The van der Waals surface area contributed by atoms with Crippen LogP contribution in [0.3, 0.4) is 0 Å². The molecule has 2 aliphatic rings. The van der Waals surface area contributed by atoms with Crippen molar-refractivity contribution < 1.29 is 0 Å². The Morgan fingerprint density at radius 2 is 1.29 bits per heavy atom. The Bertz CT molecular complexity index is 2080. The molecule has 0 aliphatic heterocycles. The molecule has 1 nitrogen and oxygen atoms in total. The average Bonchev–Trinajstić information content (AvgIpc) is 3.44. The molecule has 0 fully saturated rings. The molecule has 0 bridgehead atoms. The maximum Gasteiger partial charge on any atom is 0.0467 e. The van der Waals surface area contributed by atoms with Crippen LogP contribution in [0.4, 0.5) is 17.1 Å². The van der Waals surface area contributed by atoms with Crippen LogP contribution < -0.4 is 4.90 Å². The van der Waals surface area contributed by atoms with Crippen molar-refractivity contribution in [3.05, 3.63) is 187 Å². The normalized spacial score (nSPS) is 15.0. The zero-order valence-corrected chi connectivity index (χ0v) is 29.0. The number of rotatable bonds is 10. The summed E-state index contributed by atoms with van der Waals surface area (Å²) in [6.45, 7) is 11.0. The van der Waals surface area contributed by atoms with Gasteiger partial charge in [0.05, 0.1) is 0 Å². The van der Waals surface area contributed by atoms with Crippen LogP contribution in [0.1, 0.15) is 63.1 Å². The van der Waals surface area contributed by atoms with E-state index in [9.17, 15) is 0 Å².